The molecule has 2 rings (SSSR count). The second kappa shape index (κ2) is 5.48. The molecule has 1 saturated heterocycles. The monoisotopic (exact) mass is 227 g/mol. The minimum Gasteiger partial charge on any atom is -0.392 e. The lowest BCUT2D eigenvalue weighted by molar-refractivity contribution is -0.109. The molecule has 0 amide bonds. The van der Waals surface area contributed by atoms with Gasteiger partial charge < -0.3 is 15.2 Å². The van der Waals surface area contributed by atoms with E-state index in [4.69, 9.17) is 4.74 Å². The second-order valence-electron chi connectivity index (χ2n) is 5.54. The number of rotatable bonds is 3. The highest BCUT2D eigenvalue weighted by molar-refractivity contribution is 4.92. The second-order valence-corrected chi connectivity index (χ2v) is 5.54. The van der Waals surface area contributed by atoms with Gasteiger partial charge in [0.2, 0.25) is 0 Å². The Hall–Kier alpha value is -0.120. The van der Waals surface area contributed by atoms with Crippen LogP contribution in [0.1, 0.15) is 51.9 Å². The fourth-order valence-corrected chi connectivity index (χ4v) is 3.08. The van der Waals surface area contributed by atoms with Crippen LogP contribution in [0.15, 0.2) is 0 Å². The number of nitrogens with one attached hydrogen (secondary N) is 1. The Morgan fingerprint density at radius 1 is 1.38 bits per heavy atom. The fourth-order valence-electron chi connectivity index (χ4n) is 3.08. The van der Waals surface area contributed by atoms with E-state index in [1.807, 2.05) is 6.92 Å². The van der Waals surface area contributed by atoms with Crippen LogP contribution >= 0.6 is 0 Å². The molecule has 1 aliphatic heterocycles. The third kappa shape index (κ3) is 3.19. The molecule has 1 aliphatic carbocycles. The summed E-state index contributed by atoms with van der Waals surface area (Å²) in [6.45, 7) is 3.43. The van der Waals surface area contributed by atoms with Crippen molar-refractivity contribution in [2.24, 2.45) is 0 Å². The van der Waals surface area contributed by atoms with Crippen molar-refractivity contribution in [2.75, 3.05) is 13.2 Å². The largest absolute Gasteiger partial charge is 0.392 e. The van der Waals surface area contributed by atoms with Gasteiger partial charge in [-0.2, -0.15) is 0 Å². The highest BCUT2D eigenvalue weighted by Gasteiger charge is 2.38. The first-order valence-corrected chi connectivity index (χ1v) is 6.76. The van der Waals surface area contributed by atoms with Gasteiger partial charge in [-0.25, -0.2) is 0 Å². The summed E-state index contributed by atoms with van der Waals surface area (Å²) in [5, 5.41) is 12.8. The van der Waals surface area contributed by atoms with Crippen molar-refractivity contribution < 1.29 is 9.84 Å². The SMILES string of the molecule is CC(O)CNC1CCOC2(CCCCC2)C1. The summed E-state index contributed by atoms with van der Waals surface area (Å²) in [4.78, 5) is 0. The first-order valence-electron chi connectivity index (χ1n) is 6.76. The fraction of sp³-hybridized carbons (Fsp3) is 1.00. The van der Waals surface area contributed by atoms with E-state index in [0.29, 0.717) is 12.6 Å². The molecular formula is C13H25NO2. The van der Waals surface area contributed by atoms with Crippen LogP contribution in [0.25, 0.3) is 0 Å². The Labute approximate surface area is 98.6 Å². The van der Waals surface area contributed by atoms with Crippen LogP contribution in [0.4, 0.5) is 0 Å². The molecule has 16 heavy (non-hydrogen) atoms. The van der Waals surface area contributed by atoms with Crippen LogP contribution in [0, 0.1) is 0 Å². The average Bonchev–Trinajstić information content (AvgIpc) is 2.28. The maximum absolute atomic E-state index is 9.29. The molecule has 1 heterocycles. The molecule has 0 aromatic carbocycles. The van der Waals surface area contributed by atoms with Gasteiger partial charge >= 0.3 is 0 Å². The van der Waals surface area contributed by atoms with Gasteiger partial charge in [0, 0.05) is 19.2 Å². The van der Waals surface area contributed by atoms with Gasteiger partial charge in [-0.3, -0.25) is 0 Å². The average molecular weight is 227 g/mol. The zero-order valence-corrected chi connectivity index (χ0v) is 10.4. The van der Waals surface area contributed by atoms with Crippen LogP contribution in [0.3, 0.4) is 0 Å². The number of hydrogen-bond acceptors (Lipinski definition) is 3. The van der Waals surface area contributed by atoms with Gasteiger partial charge in [-0.15, -0.1) is 0 Å². The highest BCUT2D eigenvalue weighted by atomic mass is 16.5. The van der Waals surface area contributed by atoms with Crippen LogP contribution in [0.5, 0.6) is 0 Å². The molecule has 2 aliphatic rings. The number of aliphatic hydroxyl groups excluding tert-OH is 1. The van der Waals surface area contributed by atoms with Gasteiger partial charge in [-0.1, -0.05) is 19.3 Å². The Balaban J connectivity index is 1.83. The molecule has 94 valence electrons. The molecule has 0 aromatic heterocycles. The van der Waals surface area contributed by atoms with E-state index in [0.717, 1.165) is 19.4 Å². The summed E-state index contributed by atoms with van der Waals surface area (Å²) in [5.74, 6) is 0. The summed E-state index contributed by atoms with van der Waals surface area (Å²) in [6, 6.07) is 0.543. The van der Waals surface area contributed by atoms with Crippen LogP contribution < -0.4 is 5.32 Å². The predicted molar refractivity (Wildman–Crippen MR) is 64.5 cm³/mol. The molecular weight excluding hydrogens is 202 g/mol. The molecule has 2 atom stereocenters. The summed E-state index contributed by atoms with van der Waals surface area (Å²) in [6.07, 6.45) is 8.47. The molecule has 2 unspecified atom stereocenters. The zero-order valence-electron chi connectivity index (χ0n) is 10.4. The minimum absolute atomic E-state index is 0.173. The number of aliphatic hydroxyl groups is 1. The van der Waals surface area contributed by atoms with Crippen molar-refractivity contribution in [2.45, 2.75) is 69.6 Å². The maximum atomic E-state index is 9.29. The van der Waals surface area contributed by atoms with E-state index in [-0.39, 0.29) is 11.7 Å². The van der Waals surface area contributed by atoms with Crippen molar-refractivity contribution >= 4 is 0 Å². The number of ether oxygens (including phenoxy) is 1. The first-order chi connectivity index (χ1) is 7.70. The molecule has 1 spiro atoms. The standard InChI is InChI=1S/C13H25NO2/c1-11(15)10-14-12-5-8-16-13(9-12)6-3-2-4-7-13/h11-12,14-15H,2-10H2,1H3. The van der Waals surface area contributed by atoms with Crippen molar-refractivity contribution in [1.82, 2.24) is 5.32 Å². The molecule has 3 nitrogen and oxygen atoms in total. The van der Waals surface area contributed by atoms with Crippen LogP contribution in [-0.4, -0.2) is 36.0 Å². The molecule has 3 heteroatoms. The predicted octanol–water partition coefficient (Wildman–Crippen LogP) is 1.84. The van der Waals surface area contributed by atoms with Crippen molar-refractivity contribution in [1.29, 1.82) is 0 Å². The Bertz CT molecular complexity index is 206. The van der Waals surface area contributed by atoms with Crippen LogP contribution in [-0.2, 0) is 4.74 Å². The van der Waals surface area contributed by atoms with E-state index in [2.05, 4.69) is 5.32 Å². The van der Waals surface area contributed by atoms with Gasteiger partial charge in [0.25, 0.3) is 0 Å². The lowest BCUT2D eigenvalue weighted by Crippen LogP contribution is -2.49. The van der Waals surface area contributed by atoms with Crippen molar-refractivity contribution in [3.8, 4) is 0 Å². The Morgan fingerprint density at radius 2 is 2.12 bits per heavy atom. The highest BCUT2D eigenvalue weighted by Crippen LogP contribution is 2.38. The van der Waals surface area contributed by atoms with E-state index >= 15 is 0 Å². The number of hydrogen-bond donors (Lipinski definition) is 2. The Morgan fingerprint density at radius 3 is 2.81 bits per heavy atom. The lowest BCUT2D eigenvalue weighted by atomic mass is 9.78. The third-order valence-corrected chi connectivity index (χ3v) is 3.96. The summed E-state index contributed by atoms with van der Waals surface area (Å²) >= 11 is 0. The van der Waals surface area contributed by atoms with E-state index in [1.165, 1.54) is 32.1 Å². The zero-order chi connectivity index (χ0) is 11.4. The van der Waals surface area contributed by atoms with E-state index in [1.54, 1.807) is 0 Å². The first kappa shape index (κ1) is 12.3. The smallest absolute Gasteiger partial charge is 0.0697 e. The van der Waals surface area contributed by atoms with E-state index < -0.39 is 0 Å². The summed E-state index contributed by atoms with van der Waals surface area (Å²) < 4.78 is 6.04. The molecule has 2 N–H and O–H groups in total. The van der Waals surface area contributed by atoms with Crippen molar-refractivity contribution in [3.63, 3.8) is 0 Å². The summed E-state index contributed by atoms with van der Waals surface area (Å²) in [7, 11) is 0. The molecule has 0 aromatic rings. The molecule has 1 saturated carbocycles. The van der Waals surface area contributed by atoms with E-state index in [9.17, 15) is 5.11 Å². The Kier molecular flexibility index (Phi) is 4.22. The molecule has 0 radical (unpaired) electrons. The van der Waals surface area contributed by atoms with Crippen LogP contribution in [0.2, 0.25) is 0 Å². The van der Waals surface area contributed by atoms with Gasteiger partial charge in [-0.05, 0) is 32.6 Å². The normalized spacial score (nSPS) is 31.5. The summed E-state index contributed by atoms with van der Waals surface area (Å²) in [5.41, 5.74) is 0.173. The third-order valence-electron chi connectivity index (χ3n) is 3.96. The molecule has 2 fully saturated rings. The van der Waals surface area contributed by atoms with Gasteiger partial charge in [0.1, 0.15) is 0 Å². The minimum atomic E-state index is -0.245. The lowest BCUT2D eigenvalue weighted by Gasteiger charge is -2.43. The van der Waals surface area contributed by atoms with Crippen molar-refractivity contribution in [3.05, 3.63) is 0 Å². The maximum Gasteiger partial charge on any atom is 0.0697 e. The molecule has 0 bridgehead atoms. The quantitative estimate of drug-likeness (QED) is 0.773. The van der Waals surface area contributed by atoms with Gasteiger partial charge in [0.05, 0.1) is 11.7 Å². The van der Waals surface area contributed by atoms with Gasteiger partial charge in [0.15, 0.2) is 0 Å². The topological polar surface area (TPSA) is 41.5 Å².